The molecular weight excluding hydrogens is 474 g/mol. The van der Waals surface area contributed by atoms with E-state index in [9.17, 15) is 13.2 Å². The van der Waals surface area contributed by atoms with Crippen LogP contribution in [0.2, 0.25) is 0 Å². The summed E-state index contributed by atoms with van der Waals surface area (Å²) in [6, 6.07) is 21.5. The van der Waals surface area contributed by atoms with Crippen molar-refractivity contribution in [3.8, 4) is 5.75 Å². The van der Waals surface area contributed by atoms with Crippen LogP contribution in [0.3, 0.4) is 0 Å². The van der Waals surface area contributed by atoms with Crippen LogP contribution in [0.5, 0.6) is 5.75 Å². The number of amides is 1. The largest absolute Gasteiger partial charge is 0.495 e. The lowest BCUT2D eigenvalue weighted by Gasteiger charge is -2.26. The lowest BCUT2D eigenvalue weighted by Crippen LogP contribution is -2.41. The fourth-order valence-corrected chi connectivity index (χ4v) is 5.85. The summed E-state index contributed by atoms with van der Waals surface area (Å²) in [6.45, 7) is 4.87. The second-order valence-electron chi connectivity index (χ2n) is 9.03. The lowest BCUT2D eigenvalue weighted by atomic mass is 10.1. The van der Waals surface area contributed by atoms with Gasteiger partial charge in [-0.1, -0.05) is 54.1 Å². The number of aryl methyl sites for hydroxylation is 1. The van der Waals surface area contributed by atoms with Gasteiger partial charge in [-0.2, -0.15) is 0 Å². The quantitative estimate of drug-likeness (QED) is 0.447. The molecule has 1 saturated heterocycles. The van der Waals surface area contributed by atoms with Crippen molar-refractivity contribution in [3.63, 3.8) is 0 Å². The number of hydrogen-bond acceptors (Lipinski definition) is 5. The zero-order chi connectivity index (χ0) is 25.5. The third-order valence-corrected chi connectivity index (χ3v) is 8.21. The number of benzene rings is 3. The van der Waals surface area contributed by atoms with Crippen molar-refractivity contribution in [2.24, 2.45) is 0 Å². The Morgan fingerprint density at radius 2 is 1.58 bits per heavy atom. The number of rotatable bonds is 10. The van der Waals surface area contributed by atoms with E-state index in [0.29, 0.717) is 18.0 Å². The van der Waals surface area contributed by atoms with Gasteiger partial charge in [-0.3, -0.25) is 14.0 Å². The van der Waals surface area contributed by atoms with Crippen LogP contribution < -0.4 is 14.4 Å². The molecule has 0 unspecified atom stereocenters. The summed E-state index contributed by atoms with van der Waals surface area (Å²) in [6.07, 6.45) is 2.43. The Morgan fingerprint density at radius 3 is 2.28 bits per heavy atom. The standard InChI is InChI=1S/C28H33N3O4S/c1-22-13-15-25(16-14-22)36(33,34)31(26-11-5-6-12-27(26)35-2)21-28(32)29-19-23-9-3-4-10-24(23)20-30-17-7-8-18-30/h3-6,9-16H,7-8,17-21H2,1-2H3,(H,29,32). The Hall–Kier alpha value is -3.36. The monoisotopic (exact) mass is 507 g/mol. The van der Waals surface area contributed by atoms with Crippen molar-refractivity contribution < 1.29 is 17.9 Å². The summed E-state index contributed by atoms with van der Waals surface area (Å²) in [5, 5.41) is 2.93. The van der Waals surface area contributed by atoms with E-state index in [0.717, 1.165) is 35.1 Å². The molecule has 4 rings (SSSR count). The van der Waals surface area contributed by atoms with Crippen molar-refractivity contribution in [1.82, 2.24) is 10.2 Å². The van der Waals surface area contributed by atoms with Gasteiger partial charge in [0.05, 0.1) is 17.7 Å². The highest BCUT2D eigenvalue weighted by molar-refractivity contribution is 7.92. The molecule has 0 atom stereocenters. The van der Waals surface area contributed by atoms with Gasteiger partial charge < -0.3 is 10.1 Å². The molecule has 1 fully saturated rings. The molecule has 1 aliphatic rings. The van der Waals surface area contributed by atoms with Crippen LogP contribution in [0.4, 0.5) is 5.69 Å². The van der Waals surface area contributed by atoms with Crippen molar-refractivity contribution in [2.45, 2.75) is 37.8 Å². The highest BCUT2D eigenvalue weighted by Gasteiger charge is 2.29. The van der Waals surface area contributed by atoms with Gasteiger partial charge >= 0.3 is 0 Å². The van der Waals surface area contributed by atoms with Gasteiger partial charge in [-0.15, -0.1) is 0 Å². The van der Waals surface area contributed by atoms with E-state index < -0.39 is 15.9 Å². The van der Waals surface area contributed by atoms with Crippen LogP contribution in [0.1, 0.15) is 29.5 Å². The van der Waals surface area contributed by atoms with Crippen molar-refractivity contribution in [2.75, 3.05) is 31.0 Å². The molecule has 0 aromatic heterocycles. The van der Waals surface area contributed by atoms with E-state index in [1.165, 1.54) is 25.5 Å². The van der Waals surface area contributed by atoms with Gasteiger partial charge in [0.2, 0.25) is 5.91 Å². The number of likely N-dealkylation sites (tertiary alicyclic amines) is 1. The van der Waals surface area contributed by atoms with Gasteiger partial charge in [0.1, 0.15) is 12.3 Å². The number of nitrogens with zero attached hydrogens (tertiary/aromatic N) is 2. The maximum absolute atomic E-state index is 13.7. The average molecular weight is 508 g/mol. The summed E-state index contributed by atoms with van der Waals surface area (Å²) in [5.41, 5.74) is 3.46. The number of nitrogens with one attached hydrogen (secondary N) is 1. The average Bonchev–Trinajstić information content (AvgIpc) is 3.40. The Balaban J connectivity index is 1.55. The molecule has 0 spiro atoms. The molecule has 7 nitrogen and oxygen atoms in total. The highest BCUT2D eigenvalue weighted by atomic mass is 32.2. The van der Waals surface area contributed by atoms with E-state index in [1.807, 2.05) is 25.1 Å². The van der Waals surface area contributed by atoms with Gasteiger partial charge in [0.15, 0.2) is 0 Å². The molecular formula is C28H33N3O4S. The van der Waals surface area contributed by atoms with Crippen molar-refractivity contribution >= 4 is 21.6 Å². The third-order valence-electron chi connectivity index (χ3n) is 6.44. The summed E-state index contributed by atoms with van der Waals surface area (Å²) in [4.78, 5) is 15.6. The molecule has 190 valence electrons. The minimum Gasteiger partial charge on any atom is -0.495 e. The van der Waals surface area contributed by atoms with Gasteiger partial charge in [-0.25, -0.2) is 8.42 Å². The summed E-state index contributed by atoms with van der Waals surface area (Å²) in [7, 11) is -2.54. The molecule has 0 saturated carbocycles. The zero-order valence-corrected chi connectivity index (χ0v) is 21.6. The molecule has 0 bridgehead atoms. The van der Waals surface area contributed by atoms with Crippen molar-refractivity contribution in [3.05, 3.63) is 89.5 Å². The van der Waals surface area contributed by atoms with Crippen molar-refractivity contribution in [1.29, 1.82) is 0 Å². The van der Waals surface area contributed by atoms with Crippen LogP contribution in [-0.4, -0.2) is 46.0 Å². The predicted molar refractivity (Wildman–Crippen MR) is 142 cm³/mol. The van der Waals surface area contributed by atoms with Crippen LogP contribution in [0, 0.1) is 6.92 Å². The Labute approximate surface area is 213 Å². The van der Waals surface area contributed by atoms with Gasteiger partial charge in [0.25, 0.3) is 10.0 Å². The molecule has 0 radical (unpaired) electrons. The first-order chi connectivity index (χ1) is 17.4. The molecule has 3 aromatic rings. The summed E-state index contributed by atoms with van der Waals surface area (Å²) >= 11 is 0. The number of ether oxygens (including phenoxy) is 1. The first-order valence-corrected chi connectivity index (χ1v) is 13.6. The van der Waals surface area contributed by atoms with Crippen LogP contribution >= 0.6 is 0 Å². The molecule has 0 aliphatic carbocycles. The van der Waals surface area contributed by atoms with Gasteiger partial charge in [0, 0.05) is 13.1 Å². The molecule has 8 heteroatoms. The SMILES string of the molecule is COc1ccccc1N(CC(=O)NCc1ccccc1CN1CCCC1)S(=O)(=O)c1ccc(C)cc1. The third kappa shape index (κ3) is 6.06. The second kappa shape index (κ2) is 11.6. The molecule has 1 amide bonds. The zero-order valence-electron chi connectivity index (χ0n) is 20.8. The van der Waals surface area contributed by atoms with E-state index in [2.05, 4.69) is 16.3 Å². The van der Waals surface area contributed by atoms with Crippen LogP contribution in [0.15, 0.2) is 77.7 Å². The number of para-hydroxylation sites is 2. The first kappa shape index (κ1) is 25.7. The molecule has 3 aromatic carbocycles. The minimum absolute atomic E-state index is 0.114. The van der Waals surface area contributed by atoms with E-state index >= 15 is 0 Å². The topological polar surface area (TPSA) is 79.0 Å². The highest BCUT2D eigenvalue weighted by Crippen LogP contribution is 2.32. The predicted octanol–water partition coefficient (Wildman–Crippen LogP) is 4.11. The fourth-order valence-electron chi connectivity index (χ4n) is 4.42. The number of sulfonamides is 1. The van der Waals surface area contributed by atoms with E-state index in [4.69, 9.17) is 4.74 Å². The number of anilines is 1. The number of hydrogen-bond donors (Lipinski definition) is 1. The second-order valence-corrected chi connectivity index (χ2v) is 10.9. The molecule has 1 heterocycles. The maximum Gasteiger partial charge on any atom is 0.264 e. The Morgan fingerprint density at radius 1 is 0.944 bits per heavy atom. The number of methoxy groups -OCH3 is 1. The molecule has 1 aliphatic heterocycles. The van der Waals surface area contributed by atoms with Gasteiger partial charge in [-0.05, 0) is 68.2 Å². The Kier molecular flexibility index (Phi) is 8.28. The molecule has 1 N–H and O–H groups in total. The minimum atomic E-state index is -4.02. The van der Waals surface area contributed by atoms with E-state index in [1.54, 1.807) is 48.5 Å². The lowest BCUT2D eigenvalue weighted by molar-refractivity contribution is -0.119. The normalized spacial score (nSPS) is 13.9. The fraction of sp³-hybridized carbons (Fsp3) is 0.321. The summed E-state index contributed by atoms with van der Waals surface area (Å²) in [5.74, 6) is -0.0236. The van der Waals surface area contributed by atoms with Crippen LogP contribution in [0.25, 0.3) is 0 Å². The Bertz CT molecular complexity index is 1290. The number of carbonyl (C=O) groups is 1. The first-order valence-electron chi connectivity index (χ1n) is 12.2. The number of carbonyl (C=O) groups excluding carboxylic acids is 1. The smallest absolute Gasteiger partial charge is 0.264 e. The van der Waals surface area contributed by atoms with Crippen LogP contribution in [-0.2, 0) is 27.9 Å². The summed E-state index contributed by atoms with van der Waals surface area (Å²) < 4.78 is 33.8. The molecule has 36 heavy (non-hydrogen) atoms. The van der Waals surface area contributed by atoms with E-state index in [-0.39, 0.29) is 11.4 Å². The maximum atomic E-state index is 13.7.